The van der Waals surface area contributed by atoms with Crippen LogP contribution in [0.3, 0.4) is 0 Å². The van der Waals surface area contributed by atoms with E-state index in [0.29, 0.717) is 22.1 Å². The maximum atomic E-state index is 8.99. The van der Waals surface area contributed by atoms with E-state index >= 15 is 0 Å². The molecule has 2 aromatic carbocycles. The number of nitriles is 1. The first-order valence-corrected chi connectivity index (χ1v) is 5.51. The molecule has 2 rings (SSSR count). The molecule has 0 fully saturated rings. The van der Waals surface area contributed by atoms with E-state index < -0.39 is 0 Å². The second-order valence-electron chi connectivity index (χ2n) is 3.67. The van der Waals surface area contributed by atoms with E-state index in [1.165, 1.54) is 0 Å². The van der Waals surface area contributed by atoms with Crippen LogP contribution in [0.25, 0.3) is 0 Å². The van der Waals surface area contributed by atoms with Crippen LogP contribution in [0.2, 0.25) is 5.02 Å². The summed E-state index contributed by atoms with van der Waals surface area (Å²) in [5.41, 5.74) is 1.55. The lowest BCUT2D eigenvalue weighted by molar-refractivity contribution is 0.481. The van der Waals surface area contributed by atoms with Crippen LogP contribution in [0, 0.1) is 18.3 Å². The van der Waals surface area contributed by atoms with Crippen LogP contribution < -0.4 is 4.74 Å². The van der Waals surface area contributed by atoms with Crippen LogP contribution in [-0.2, 0) is 0 Å². The van der Waals surface area contributed by atoms with Gasteiger partial charge in [-0.1, -0.05) is 23.7 Å². The first-order valence-electron chi connectivity index (χ1n) is 5.13. The van der Waals surface area contributed by atoms with Gasteiger partial charge in [0.15, 0.2) is 0 Å². The molecule has 0 spiro atoms. The summed E-state index contributed by atoms with van der Waals surface area (Å²) >= 11 is 5.87. The van der Waals surface area contributed by atoms with Crippen molar-refractivity contribution in [1.82, 2.24) is 0 Å². The first-order chi connectivity index (χ1) is 8.19. The molecular weight excluding hydrogens is 234 g/mol. The number of halogens is 1. The van der Waals surface area contributed by atoms with Crippen molar-refractivity contribution >= 4 is 11.6 Å². The summed E-state index contributed by atoms with van der Waals surface area (Å²) in [7, 11) is 0. The van der Waals surface area contributed by atoms with E-state index in [1.807, 2.05) is 19.1 Å². The number of ether oxygens (including phenoxy) is 1. The minimum atomic E-state index is 0.510. The molecule has 0 heterocycles. The van der Waals surface area contributed by atoms with Gasteiger partial charge in [0.2, 0.25) is 0 Å². The summed E-state index contributed by atoms with van der Waals surface area (Å²) in [6.07, 6.45) is 0. The average Bonchev–Trinajstić information content (AvgIpc) is 2.29. The van der Waals surface area contributed by atoms with E-state index in [1.54, 1.807) is 30.3 Å². The maximum absolute atomic E-state index is 8.99. The van der Waals surface area contributed by atoms with E-state index in [9.17, 15) is 0 Å². The predicted molar refractivity (Wildman–Crippen MR) is 67.4 cm³/mol. The van der Waals surface area contributed by atoms with Crippen molar-refractivity contribution in [3.8, 4) is 17.6 Å². The van der Waals surface area contributed by atoms with Gasteiger partial charge in [-0.15, -0.1) is 0 Å². The summed E-state index contributed by atoms with van der Waals surface area (Å²) in [5.74, 6) is 1.18. The van der Waals surface area contributed by atoms with Gasteiger partial charge in [-0.05, 0) is 42.8 Å². The second kappa shape index (κ2) is 4.90. The molecule has 0 N–H and O–H groups in total. The van der Waals surface area contributed by atoms with Crippen LogP contribution in [0.1, 0.15) is 11.1 Å². The van der Waals surface area contributed by atoms with Crippen molar-refractivity contribution in [2.24, 2.45) is 0 Å². The molecule has 84 valence electrons. The highest BCUT2D eigenvalue weighted by Crippen LogP contribution is 2.27. The molecule has 0 aromatic heterocycles. The molecule has 0 bridgehead atoms. The molecule has 2 nitrogen and oxygen atoms in total. The molecule has 0 atom stereocenters. The Balaban J connectivity index is 2.36. The summed E-state index contributed by atoms with van der Waals surface area (Å²) in [6.45, 7) is 1.95. The highest BCUT2D eigenvalue weighted by Gasteiger charge is 2.05. The monoisotopic (exact) mass is 243 g/mol. The molecule has 0 saturated heterocycles. The summed E-state index contributed by atoms with van der Waals surface area (Å²) in [5, 5.41) is 9.59. The van der Waals surface area contributed by atoms with Crippen molar-refractivity contribution in [2.45, 2.75) is 6.92 Å². The molecule has 17 heavy (non-hydrogen) atoms. The topological polar surface area (TPSA) is 33.0 Å². The van der Waals surface area contributed by atoms with Crippen molar-refractivity contribution in [1.29, 1.82) is 5.26 Å². The molecule has 0 amide bonds. The van der Waals surface area contributed by atoms with Crippen LogP contribution in [-0.4, -0.2) is 0 Å². The molecule has 0 unspecified atom stereocenters. The lowest BCUT2D eigenvalue weighted by Gasteiger charge is -2.08. The largest absolute Gasteiger partial charge is 0.456 e. The summed E-state index contributed by atoms with van der Waals surface area (Å²) in [4.78, 5) is 0. The number of aryl methyl sites for hydroxylation is 1. The molecule has 0 aliphatic carbocycles. The van der Waals surface area contributed by atoms with Crippen molar-refractivity contribution < 1.29 is 4.74 Å². The van der Waals surface area contributed by atoms with Crippen molar-refractivity contribution in [2.75, 3.05) is 0 Å². The fraction of sp³-hybridized carbons (Fsp3) is 0.0714. The van der Waals surface area contributed by atoms with Crippen LogP contribution in [0.5, 0.6) is 11.5 Å². The third kappa shape index (κ3) is 2.77. The molecule has 0 aliphatic heterocycles. The molecule has 0 aliphatic rings. The minimum absolute atomic E-state index is 0.510. The molecular formula is C14H10ClNO. The fourth-order valence-electron chi connectivity index (χ4n) is 1.46. The van der Waals surface area contributed by atoms with Crippen LogP contribution >= 0.6 is 11.6 Å². The molecule has 0 radical (unpaired) electrons. The van der Waals surface area contributed by atoms with Gasteiger partial charge in [0.1, 0.15) is 17.6 Å². The Bertz CT molecular complexity index is 587. The lowest BCUT2D eigenvalue weighted by Crippen LogP contribution is -1.89. The standard InChI is InChI=1S/C14H10ClNO/c1-10-5-6-11(9-16)14(7-10)17-13-4-2-3-12(15)8-13/h2-8H,1H3. The third-order valence-corrected chi connectivity index (χ3v) is 2.52. The van der Waals surface area contributed by atoms with Gasteiger partial charge >= 0.3 is 0 Å². The number of hydrogen-bond donors (Lipinski definition) is 0. The van der Waals surface area contributed by atoms with E-state index in [0.717, 1.165) is 5.56 Å². The van der Waals surface area contributed by atoms with Crippen LogP contribution in [0.15, 0.2) is 42.5 Å². The smallest absolute Gasteiger partial charge is 0.145 e. The minimum Gasteiger partial charge on any atom is -0.456 e. The highest BCUT2D eigenvalue weighted by molar-refractivity contribution is 6.30. The van der Waals surface area contributed by atoms with Gasteiger partial charge in [0, 0.05) is 5.02 Å². The molecule has 3 heteroatoms. The Morgan fingerprint density at radius 1 is 1.18 bits per heavy atom. The highest BCUT2D eigenvalue weighted by atomic mass is 35.5. The van der Waals surface area contributed by atoms with Crippen molar-refractivity contribution in [3.63, 3.8) is 0 Å². The van der Waals surface area contributed by atoms with Crippen molar-refractivity contribution in [3.05, 3.63) is 58.6 Å². The van der Waals surface area contributed by atoms with Gasteiger partial charge < -0.3 is 4.74 Å². The maximum Gasteiger partial charge on any atom is 0.145 e. The third-order valence-electron chi connectivity index (χ3n) is 2.28. The zero-order chi connectivity index (χ0) is 12.3. The zero-order valence-electron chi connectivity index (χ0n) is 9.27. The SMILES string of the molecule is Cc1ccc(C#N)c(Oc2cccc(Cl)c2)c1. The number of nitrogens with zero attached hydrogens (tertiary/aromatic N) is 1. The van der Waals surface area contributed by atoms with E-state index in [-0.39, 0.29) is 0 Å². The number of benzene rings is 2. The van der Waals surface area contributed by atoms with E-state index in [2.05, 4.69) is 6.07 Å². The quantitative estimate of drug-likeness (QED) is 0.787. The Morgan fingerprint density at radius 2 is 2.00 bits per heavy atom. The normalized spacial score (nSPS) is 9.71. The summed E-state index contributed by atoms with van der Waals surface area (Å²) in [6, 6.07) is 14.6. The molecule has 0 saturated carbocycles. The molecule has 2 aromatic rings. The zero-order valence-corrected chi connectivity index (χ0v) is 10.0. The number of hydrogen-bond acceptors (Lipinski definition) is 2. The number of rotatable bonds is 2. The lowest BCUT2D eigenvalue weighted by atomic mass is 10.1. The van der Waals surface area contributed by atoms with E-state index in [4.69, 9.17) is 21.6 Å². The van der Waals surface area contributed by atoms with Gasteiger partial charge in [-0.3, -0.25) is 0 Å². The van der Waals surface area contributed by atoms with Crippen LogP contribution in [0.4, 0.5) is 0 Å². The second-order valence-corrected chi connectivity index (χ2v) is 4.11. The fourth-order valence-corrected chi connectivity index (χ4v) is 1.64. The van der Waals surface area contributed by atoms with Gasteiger partial charge in [-0.2, -0.15) is 5.26 Å². The predicted octanol–water partition coefficient (Wildman–Crippen LogP) is 4.31. The Hall–Kier alpha value is -1.98. The van der Waals surface area contributed by atoms with Gasteiger partial charge in [-0.25, -0.2) is 0 Å². The average molecular weight is 244 g/mol. The summed E-state index contributed by atoms with van der Waals surface area (Å²) < 4.78 is 5.66. The Kier molecular flexibility index (Phi) is 3.32. The Morgan fingerprint density at radius 3 is 2.71 bits per heavy atom. The first kappa shape index (κ1) is 11.5. The Labute approximate surface area is 105 Å². The van der Waals surface area contributed by atoms with Gasteiger partial charge in [0.05, 0.1) is 5.56 Å². The van der Waals surface area contributed by atoms with Gasteiger partial charge in [0.25, 0.3) is 0 Å².